The number of hydrogen-bond acceptors (Lipinski definition) is 3. The van der Waals surface area contributed by atoms with Crippen molar-refractivity contribution < 1.29 is 14.3 Å². The van der Waals surface area contributed by atoms with Gasteiger partial charge in [0.15, 0.2) is 0 Å². The minimum absolute atomic E-state index is 0.0696. The molecule has 120 valence electrons. The summed E-state index contributed by atoms with van der Waals surface area (Å²) >= 11 is 0. The van der Waals surface area contributed by atoms with E-state index in [2.05, 4.69) is 13.8 Å². The molecule has 5 heteroatoms. The van der Waals surface area contributed by atoms with Gasteiger partial charge in [0.05, 0.1) is 12.6 Å². The fourth-order valence-electron chi connectivity index (χ4n) is 2.85. The van der Waals surface area contributed by atoms with Gasteiger partial charge in [-0.05, 0) is 31.6 Å². The lowest BCUT2D eigenvalue weighted by Gasteiger charge is -2.28. The number of likely N-dealkylation sites (tertiary alicyclic amines) is 2. The van der Waals surface area contributed by atoms with Crippen LogP contribution in [0.5, 0.6) is 0 Å². The molecule has 0 aromatic carbocycles. The zero-order chi connectivity index (χ0) is 15.2. The summed E-state index contributed by atoms with van der Waals surface area (Å²) in [5, 5.41) is 0. The van der Waals surface area contributed by atoms with Crippen molar-refractivity contribution in [1.82, 2.24) is 9.80 Å². The van der Waals surface area contributed by atoms with Crippen molar-refractivity contribution in [3.05, 3.63) is 0 Å². The fraction of sp³-hybridized carbons (Fsp3) is 0.875. The number of hydrogen-bond donors (Lipinski definition) is 0. The van der Waals surface area contributed by atoms with Gasteiger partial charge in [-0.2, -0.15) is 0 Å². The number of ether oxygens (including phenoxy) is 1. The maximum Gasteiger partial charge on any atom is 0.242 e. The molecule has 0 aromatic heterocycles. The van der Waals surface area contributed by atoms with Crippen LogP contribution in [-0.4, -0.2) is 60.5 Å². The van der Waals surface area contributed by atoms with E-state index in [0.717, 1.165) is 45.4 Å². The largest absolute Gasteiger partial charge is 0.376 e. The van der Waals surface area contributed by atoms with E-state index in [1.807, 2.05) is 4.90 Å². The van der Waals surface area contributed by atoms with Crippen molar-refractivity contribution in [1.29, 1.82) is 0 Å². The Morgan fingerprint density at radius 2 is 2.14 bits per heavy atom. The van der Waals surface area contributed by atoms with E-state index < -0.39 is 0 Å². The summed E-state index contributed by atoms with van der Waals surface area (Å²) in [5.41, 5.74) is 0. The molecule has 0 bridgehead atoms. The van der Waals surface area contributed by atoms with E-state index >= 15 is 0 Å². The van der Waals surface area contributed by atoms with Gasteiger partial charge in [0.25, 0.3) is 0 Å². The number of piperidine rings is 1. The highest BCUT2D eigenvalue weighted by Gasteiger charge is 2.29. The molecule has 2 rings (SSSR count). The van der Waals surface area contributed by atoms with Crippen molar-refractivity contribution in [3.63, 3.8) is 0 Å². The van der Waals surface area contributed by atoms with Crippen LogP contribution in [0.25, 0.3) is 0 Å². The molecule has 0 aliphatic carbocycles. The number of rotatable bonds is 6. The molecular weight excluding hydrogens is 268 g/mol. The third-order valence-corrected chi connectivity index (χ3v) is 4.29. The molecule has 2 fully saturated rings. The van der Waals surface area contributed by atoms with Crippen LogP contribution in [0.3, 0.4) is 0 Å². The number of carbonyl (C=O) groups is 2. The van der Waals surface area contributed by atoms with E-state index in [0.29, 0.717) is 18.9 Å². The van der Waals surface area contributed by atoms with Gasteiger partial charge in [0.2, 0.25) is 11.8 Å². The van der Waals surface area contributed by atoms with Gasteiger partial charge in [0.1, 0.15) is 0 Å². The summed E-state index contributed by atoms with van der Waals surface area (Å²) < 4.78 is 5.83. The normalized spacial score (nSPS) is 23.2. The molecule has 21 heavy (non-hydrogen) atoms. The summed E-state index contributed by atoms with van der Waals surface area (Å²) in [6, 6.07) is 0. The van der Waals surface area contributed by atoms with Crippen molar-refractivity contribution in [2.24, 2.45) is 5.92 Å². The lowest BCUT2D eigenvalue weighted by atomic mass is 10.1. The molecule has 2 aliphatic heterocycles. The quantitative estimate of drug-likeness (QED) is 0.749. The van der Waals surface area contributed by atoms with Crippen LogP contribution in [-0.2, 0) is 14.3 Å². The smallest absolute Gasteiger partial charge is 0.242 e. The van der Waals surface area contributed by atoms with Gasteiger partial charge in [0, 0.05) is 32.7 Å². The van der Waals surface area contributed by atoms with Crippen molar-refractivity contribution in [3.8, 4) is 0 Å². The van der Waals surface area contributed by atoms with E-state index in [4.69, 9.17) is 4.74 Å². The minimum atomic E-state index is 0.0696. The minimum Gasteiger partial charge on any atom is -0.376 e. The number of carbonyl (C=O) groups excluding carboxylic acids is 2. The van der Waals surface area contributed by atoms with E-state index in [1.165, 1.54) is 0 Å². The highest BCUT2D eigenvalue weighted by atomic mass is 16.5. The summed E-state index contributed by atoms with van der Waals surface area (Å²) in [5.74, 6) is 0.841. The molecule has 0 N–H and O–H groups in total. The monoisotopic (exact) mass is 296 g/mol. The Balaban J connectivity index is 1.70. The summed E-state index contributed by atoms with van der Waals surface area (Å²) in [4.78, 5) is 27.6. The first-order valence-electron chi connectivity index (χ1n) is 8.23. The van der Waals surface area contributed by atoms with Crippen molar-refractivity contribution in [2.75, 3.05) is 32.8 Å². The maximum absolute atomic E-state index is 12.3. The third kappa shape index (κ3) is 4.99. The van der Waals surface area contributed by atoms with Gasteiger partial charge in [-0.3, -0.25) is 9.59 Å². The van der Waals surface area contributed by atoms with Gasteiger partial charge in [-0.25, -0.2) is 0 Å². The predicted molar refractivity (Wildman–Crippen MR) is 80.8 cm³/mol. The third-order valence-electron chi connectivity index (χ3n) is 4.29. The zero-order valence-corrected chi connectivity index (χ0v) is 13.3. The second kappa shape index (κ2) is 7.78. The Bertz CT molecular complexity index is 371. The molecule has 1 atom stereocenters. The maximum atomic E-state index is 12.3. The summed E-state index contributed by atoms with van der Waals surface area (Å²) in [6.45, 7) is 7.55. The topological polar surface area (TPSA) is 49.9 Å². The highest BCUT2D eigenvalue weighted by Crippen LogP contribution is 2.16. The number of amides is 2. The van der Waals surface area contributed by atoms with Crippen molar-refractivity contribution in [2.45, 2.75) is 52.1 Å². The second-order valence-electron chi connectivity index (χ2n) is 6.58. The van der Waals surface area contributed by atoms with Gasteiger partial charge < -0.3 is 14.5 Å². The molecule has 0 spiro atoms. The molecule has 0 aromatic rings. The molecule has 2 saturated heterocycles. The first-order chi connectivity index (χ1) is 10.1. The van der Waals surface area contributed by atoms with E-state index in [-0.39, 0.29) is 24.5 Å². The average molecular weight is 296 g/mol. The lowest BCUT2D eigenvalue weighted by molar-refractivity contribution is -0.141. The van der Waals surface area contributed by atoms with Crippen LogP contribution in [0.15, 0.2) is 0 Å². The van der Waals surface area contributed by atoms with Crippen LogP contribution in [0.2, 0.25) is 0 Å². The average Bonchev–Trinajstić information content (AvgIpc) is 2.90. The standard InChI is InChI=1S/C16H28N2O3/c1-13(2)7-10-21-14-6-9-18(11-14)16(20)12-17-8-4-3-5-15(17)19/h13-14H,3-12H2,1-2H3. The SMILES string of the molecule is CC(C)CCOC1CCN(C(=O)CN2CCCCC2=O)C1. The van der Waals surface area contributed by atoms with Gasteiger partial charge >= 0.3 is 0 Å². The fourth-order valence-corrected chi connectivity index (χ4v) is 2.85. The van der Waals surface area contributed by atoms with Crippen LogP contribution in [0, 0.1) is 5.92 Å². The molecule has 5 nitrogen and oxygen atoms in total. The molecular formula is C16H28N2O3. The van der Waals surface area contributed by atoms with Gasteiger partial charge in [-0.1, -0.05) is 13.8 Å². The molecule has 2 amide bonds. The van der Waals surface area contributed by atoms with Crippen LogP contribution < -0.4 is 0 Å². The summed E-state index contributed by atoms with van der Waals surface area (Å²) in [7, 11) is 0. The molecule has 0 saturated carbocycles. The molecule has 2 heterocycles. The Kier molecular flexibility index (Phi) is 6.03. The predicted octanol–water partition coefficient (Wildman–Crippen LogP) is 1.66. The highest BCUT2D eigenvalue weighted by molar-refractivity contribution is 5.85. The van der Waals surface area contributed by atoms with Gasteiger partial charge in [-0.15, -0.1) is 0 Å². The lowest BCUT2D eigenvalue weighted by Crippen LogP contribution is -2.44. The molecule has 1 unspecified atom stereocenters. The Hall–Kier alpha value is -1.10. The van der Waals surface area contributed by atoms with Crippen LogP contribution in [0.4, 0.5) is 0 Å². The Labute approximate surface area is 127 Å². The Morgan fingerprint density at radius 3 is 2.86 bits per heavy atom. The summed E-state index contributed by atoms with van der Waals surface area (Å²) in [6.07, 6.45) is 4.71. The van der Waals surface area contributed by atoms with E-state index in [9.17, 15) is 9.59 Å². The molecule has 2 aliphatic rings. The number of nitrogens with zero attached hydrogens (tertiary/aromatic N) is 2. The second-order valence-corrected chi connectivity index (χ2v) is 6.58. The van der Waals surface area contributed by atoms with Crippen LogP contribution >= 0.6 is 0 Å². The first kappa shape index (κ1) is 16.3. The Morgan fingerprint density at radius 1 is 1.33 bits per heavy atom. The van der Waals surface area contributed by atoms with E-state index in [1.54, 1.807) is 4.90 Å². The first-order valence-corrected chi connectivity index (χ1v) is 8.23. The molecule has 0 radical (unpaired) electrons. The zero-order valence-electron chi connectivity index (χ0n) is 13.3. The van der Waals surface area contributed by atoms with Crippen molar-refractivity contribution >= 4 is 11.8 Å². The van der Waals surface area contributed by atoms with Crippen LogP contribution in [0.1, 0.15) is 46.0 Å².